The molecule has 180 valence electrons. The molecule has 2 aromatic rings. The Morgan fingerprint density at radius 2 is 1.68 bits per heavy atom. The lowest BCUT2D eigenvalue weighted by Gasteiger charge is -2.25. The Bertz CT molecular complexity index is 1030. The zero-order valence-electron chi connectivity index (χ0n) is 19.7. The van der Waals surface area contributed by atoms with Gasteiger partial charge < -0.3 is 20.7 Å². The maximum absolute atomic E-state index is 13.2. The molecule has 2 aromatic carbocycles. The molecule has 34 heavy (non-hydrogen) atoms. The average Bonchev–Trinajstić information content (AvgIpc) is 3.65. The van der Waals surface area contributed by atoms with Crippen LogP contribution in [-0.2, 0) is 20.8 Å². The molecule has 0 bridgehead atoms. The summed E-state index contributed by atoms with van der Waals surface area (Å²) in [6, 6.07) is 13.8. The number of ether oxygens (including phenoxy) is 1. The van der Waals surface area contributed by atoms with Crippen molar-refractivity contribution in [3.63, 3.8) is 0 Å². The second-order valence-electron chi connectivity index (χ2n) is 8.79. The number of Topliss-reactive ketones (excluding diaryl/α,β-unsaturated/α-hetero) is 1. The maximum atomic E-state index is 13.2. The Morgan fingerprint density at radius 1 is 0.971 bits per heavy atom. The topological polar surface area (TPSA) is 114 Å². The van der Waals surface area contributed by atoms with Gasteiger partial charge in [-0.2, -0.15) is 0 Å². The largest absolute Gasteiger partial charge is 0.497 e. The highest BCUT2D eigenvalue weighted by atomic mass is 16.5. The van der Waals surface area contributed by atoms with E-state index in [9.17, 15) is 19.2 Å². The first-order valence-electron chi connectivity index (χ1n) is 11.4. The monoisotopic (exact) mass is 465 g/mol. The Labute approximate surface area is 199 Å². The molecule has 2 atom stereocenters. The van der Waals surface area contributed by atoms with Gasteiger partial charge in [-0.15, -0.1) is 0 Å². The molecule has 0 saturated heterocycles. The molecule has 8 nitrogen and oxygen atoms in total. The van der Waals surface area contributed by atoms with Crippen molar-refractivity contribution < 1.29 is 23.9 Å². The van der Waals surface area contributed by atoms with Crippen LogP contribution >= 0.6 is 0 Å². The van der Waals surface area contributed by atoms with Crippen molar-refractivity contribution in [1.29, 1.82) is 0 Å². The highest BCUT2D eigenvalue weighted by Crippen LogP contribution is 2.19. The van der Waals surface area contributed by atoms with Crippen LogP contribution in [0.25, 0.3) is 0 Å². The summed E-state index contributed by atoms with van der Waals surface area (Å²) in [6.07, 6.45) is 1.86. The molecule has 0 radical (unpaired) electrons. The minimum atomic E-state index is -1.05. The number of carbonyl (C=O) groups excluding carboxylic acids is 4. The zero-order valence-corrected chi connectivity index (χ0v) is 19.7. The van der Waals surface area contributed by atoms with Crippen LogP contribution in [-0.4, -0.2) is 48.7 Å². The molecular weight excluding hydrogens is 434 g/mol. The predicted molar refractivity (Wildman–Crippen MR) is 127 cm³/mol. The lowest BCUT2D eigenvalue weighted by Crippen LogP contribution is -2.56. The lowest BCUT2D eigenvalue weighted by molar-refractivity contribution is -0.140. The standard InChI is InChI=1S/C26H31N3O5/c1-16(2)22(29-24(31)18-10-7-11-20(15-18)34-3)25(32)28-21(14-17-8-5-4-6-9-17)23(30)26(33)27-19-12-13-19/h4-11,15-16,19,21-22H,12-14H2,1-3H3,(H,27,33)(H,28,32)(H,29,31)/t21-,22?/m0/s1. The number of hydrogen-bond acceptors (Lipinski definition) is 5. The molecule has 0 aromatic heterocycles. The maximum Gasteiger partial charge on any atom is 0.289 e. The zero-order chi connectivity index (χ0) is 24.7. The molecule has 3 amide bonds. The fraction of sp³-hybridized carbons (Fsp3) is 0.385. The van der Waals surface area contributed by atoms with Crippen molar-refractivity contribution in [3.8, 4) is 5.75 Å². The molecule has 1 fully saturated rings. The number of carbonyl (C=O) groups is 4. The molecular formula is C26H31N3O5. The van der Waals surface area contributed by atoms with Crippen LogP contribution in [0.1, 0.15) is 42.6 Å². The van der Waals surface area contributed by atoms with E-state index in [1.54, 1.807) is 38.1 Å². The molecule has 3 N–H and O–H groups in total. The number of benzene rings is 2. The van der Waals surface area contributed by atoms with E-state index < -0.39 is 35.6 Å². The van der Waals surface area contributed by atoms with E-state index in [0.29, 0.717) is 11.3 Å². The molecule has 8 heteroatoms. The van der Waals surface area contributed by atoms with Gasteiger partial charge >= 0.3 is 0 Å². The van der Waals surface area contributed by atoms with E-state index in [4.69, 9.17) is 4.74 Å². The first kappa shape index (κ1) is 25.0. The number of hydrogen-bond donors (Lipinski definition) is 3. The average molecular weight is 466 g/mol. The minimum absolute atomic E-state index is 0.0232. The van der Waals surface area contributed by atoms with Crippen molar-refractivity contribution in [2.24, 2.45) is 5.92 Å². The van der Waals surface area contributed by atoms with Crippen LogP contribution in [0.3, 0.4) is 0 Å². The normalized spacial score (nSPS) is 14.6. The van der Waals surface area contributed by atoms with E-state index in [0.717, 1.165) is 18.4 Å². The van der Waals surface area contributed by atoms with E-state index in [2.05, 4.69) is 16.0 Å². The Balaban J connectivity index is 1.74. The fourth-order valence-electron chi connectivity index (χ4n) is 3.49. The third-order valence-electron chi connectivity index (χ3n) is 5.62. The van der Waals surface area contributed by atoms with Crippen LogP contribution in [0, 0.1) is 5.92 Å². The third-order valence-corrected chi connectivity index (χ3v) is 5.62. The number of nitrogens with one attached hydrogen (secondary N) is 3. The second-order valence-corrected chi connectivity index (χ2v) is 8.79. The highest BCUT2D eigenvalue weighted by Gasteiger charge is 2.34. The second kappa shape index (κ2) is 11.4. The van der Waals surface area contributed by atoms with E-state index in [-0.39, 0.29) is 18.4 Å². The van der Waals surface area contributed by atoms with Gasteiger partial charge in [-0.3, -0.25) is 19.2 Å². The minimum Gasteiger partial charge on any atom is -0.497 e. The molecule has 0 heterocycles. The SMILES string of the molecule is COc1cccc(C(=O)NC(C(=O)N[C@@H](Cc2ccccc2)C(=O)C(=O)NC2CC2)C(C)C)c1. The lowest BCUT2D eigenvalue weighted by atomic mass is 9.98. The van der Waals surface area contributed by atoms with Gasteiger partial charge in [0.15, 0.2) is 0 Å². The number of amides is 3. The van der Waals surface area contributed by atoms with Gasteiger partial charge in [0.25, 0.3) is 11.8 Å². The smallest absolute Gasteiger partial charge is 0.289 e. The van der Waals surface area contributed by atoms with Gasteiger partial charge in [0.05, 0.1) is 7.11 Å². The number of ketones is 1. The summed E-state index contributed by atoms with van der Waals surface area (Å²) in [6.45, 7) is 3.59. The number of methoxy groups -OCH3 is 1. The van der Waals surface area contributed by atoms with Gasteiger partial charge in [-0.1, -0.05) is 50.2 Å². The van der Waals surface area contributed by atoms with Crippen molar-refractivity contribution >= 4 is 23.5 Å². The van der Waals surface area contributed by atoms with Gasteiger partial charge in [0, 0.05) is 18.0 Å². The van der Waals surface area contributed by atoms with Crippen LogP contribution in [0.15, 0.2) is 54.6 Å². The third kappa shape index (κ3) is 6.91. The summed E-state index contributed by atoms with van der Waals surface area (Å²) in [5.41, 5.74) is 1.15. The van der Waals surface area contributed by atoms with E-state index >= 15 is 0 Å². The van der Waals surface area contributed by atoms with Gasteiger partial charge in [-0.05, 0) is 42.5 Å². The molecule has 1 saturated carbocycles. The molecule has 3 rings (SSSR count). The first-order chi connectivity index (χ1) is 16.3. The van der Waals surface area contributed by atoms with E-state index in [1.165, 1.54) is 7.11 Å². The summed E-state index contributed by atoms with van der Waals surface area (Å²) < 4.78 is 5.16. The van der Waals surface area contributed by atoms with Crippen molar-refractivity contribution in [2.45, 2.75) is 51.2 Å². The van der Waals surface area contributed by atoms with Crippen molar-refractivity contribution in [3.05, 3.63) is 65.7 Å². The summed E-state index contributed by atoms with van der Waals surface area (Å²) >= 11 is 0. The Hall–Kier alpha value is -3.68. The summed E-state index contributed by atoms with van der Waals surface area (Å²) in [7, 11) is 1.50. The molecule has 1 aliphatic rings. The molecule has 1 aliphatic carbocycles. The van der Waals surface area contributed by atoms with Gasteiger partial charge in [-0.25, -0.2) is 0 Å². The fourth-order valence-corrected chi connectivity index (χ4v) is 3.49. The molecule has 0 spiro atoms. The van der Waals surface area contributed by atoms with Crippen molar-refractivity contribution in [2.75, 3.05) is 7.11 Å². The Morgan fingerprint density at radius 3 is 2.29 bits per heavy atom. The predicted octanol–water partition coefficient (Wildman–Crippen LogP) is 2.02. The van der Waals surface area contributed by atoms with Crippen molar-refractivity contribution in [1.82, 2.24) is 16.0 Å². The highest BCUT2D eigenvalue weighted by molar-refractivity contribution is 6.38. The van der Waals surface area contributed by atoms with Crippen LogP contribution in [0.2, 0.25) is 0 Å². The van der Waals surface area contributed by atoms with E-state index in [1.807, 2.05) is 30.3 Å². The first-order valence-corrected chi connectivity index (χ1v) is 11.4. The van der Waals surface area contributed by atoms with Crippen LogP contribution in [0.5, 0.6) is 5.75 Å². The van der Waals surface area contributed by atoms with Gasteiger partial charge in [0.2, 0.25) is 11.7 Å². The van der Waals surface area contributed by atoms with Gasteiger partial charge in [0.1, 0.15) is 17.8 Å². The van der Waals surface area contributed by atoms with Crippen LogP contribution in [0.4, 0.5) is 0 Å². The molecule has 1 unspecified atom stereocenters. The number of rotatable bonds is 11. The Kier molecular flexibility index (Phi) is 8.40. The summed E-state index contributed by atoms with van der Waals surface area (Å²) in [4.78, 5) is 51.4. The quantitative estimate of drug-likeness (QED) is 0.440. The van der Waals surface area contributed by atoms with Crippen LogP contribution < -0.4 is 20.7 Å². The summed E-state index contributed by atoms with van der Waals surface area (Å²) in [5.74, 6) is -2.11. The summed E-state index contributed by atoms with van der Waals surface area (Å²) in [5, 5.41) is 8.15. The molecule has 0 aliphatic heterocycles.